The molecule has 0 spiro atoms. The van der Waals surface area contributed by atoms with E-state index in [1.807, 2.05) is 38.1 Å². The van der Waals surface area contributed by atoms with Crippen molar-refractivity contribution in [2.24, 2.45) is 0 Å². The fraction of sp³-hybridized carbons (Fsp3) is 0.533. The van der Waals surface area contributed by atoms with E-state index in [-0.39, 0.29) is 11.9 Å². The Morgan fingerprint density at radius 3 is 2.68 bits per heavy atom. The van der Waals surface area contributed by atoms with Gasteiger partial charge < -0.3 is 15.2 Å². The Balaban J connectivity index is 1.95. The number of carbonyl (C=O) groups is 1. The van der Waals surface area contributed by atoms with Crippen molar-refractivity contribution in [3.8, 4) is 0 Å². The lowest BCUT2D eigenvalue weighted by atomic mass is 9.96. The highest BCUT2D eigenvalue weighted by molar-refractivity contribution is 5.96. The van der Waals surface area contributed by atoms with Gasteiger partial charge in [0, 0.05) is 37.2 Å². The highest BCUT2D eigenvalue weighted by Gasteiger charge is 2.39. The van der Waals surface area contributed by atoms with Gasteiger partial charge in [0.05, 0.1) is 6.10 Å². The van der Waals surface area contributed by atoms with Gasteiger partial charge in [-0.2, -0.15) is 0 Å². The first-order chi connectivity index (χ1) is 9.05. The quantitative estimate of drug-likeness (QED) is 0.800. The van der Waals surface area contributed by atoms with E-state index in [0.717, 1.165) is 11.3 Å². The summed E-state index contributed by atoms with van der Waals surface area (Å²) in [6.45, 7) is 4.79. The van der Waals surface area contributed by atoms with Crippen LogP contribution in [-0.4, -0.2) is 35.7 Å². The molecule has 2 unspecified atom stereocenters. The standard InChI is InChI=1S/C15H21NO3/c1-3-14(17)12-4-6-13(7-5-12)16-10-15(18)8-9-19-11(15)2/h4-7,11,16,18H,3,8-10H2,1-2H3. The van der Waals surface area contributed by atoms with Crippen LogP contribution in [0.15, 0.2) is 24.3 Å². The van der Waals surface area contributed by atoms with E-state index in [2.05, 4.69) is 5.32 Å². The van der Waals surface area contributed by atoms with Gasteiger partial charge in [0.15, 0.2) is 5.78 Å². The molecule has 1 aliphatic rings. The number of carbonyl (C=O) groups excluding carboxylic acids is 1. The molecule has 1 saturated heterocycles. The number of aliphatic hydroxyl groups is 1. The van der Waals surface area contributed by atoms with Gasteiger partial charge in [-0.25, -0.2) is 0 Å². The summed E-state index contributed by atoms with van der Waals surface area (Å²) in [5.74, 6) is 0.142. The molecule has 1 aliphatic heterocycles. The molecule has 1 aromatic carbocycles. The van der Waals surface area contributed by atoms with E-state index in [1.165, 1.54) is 0 Å². The monoisotopic (exact) mass is 263 g/mol. The number of nitrogens with one attached hydrogen (secondary N) is 1. The minimum absolute atomic E-state index is 0.142. The average molecular weight is 263 g/mol. The molecular formula is C15H21NO3. The lowest BCUT2D eigenvalue weighted by Gasteiger charge is -2.26. The van der Waals surface area contributed by atoms with Gasteiger partial charge in [0.25, 0.3) is 0 Å². The van der Waals surface area contributed by atoms with Crippen LogP contribution in [0.4, 0.5) is 5.69 Å². The lowest BCUT2D eigenvalue weighted by molar-refractivity contribution is -0.0175. The van der Waals surface area contributed by atoms with Crippen LogP contribution in [0.2, 0.25) is 0 Å². The van der Waals surface area contributed by atoms with Crippen LogP contribution in [0, 0.1) is 0 Å². The minimum Gasteiger partial charge on any atom is -0.385 e. The fourth-order valence-corrected chi connectivity index (χ4v) is 2.24. The van der Waals surface area contributed by atoms with Crippen molar-refractivity contribution in [2.75, 3.05) is 18.5 Å². The molecular weight excluding hydrogens is 242 g/mol. The molecule has 0 aliphatic carbocycles. The zero-order valence-corrected chi connectivity index (χ0v) is 11.5. The molecule has 0 amide bonds. The average Bonchev–Trinajstić information content (AvgIpc) is 2.77. The van der Waals surface area contributed by atoms with E-state index < -0.39 is 5.60 Å². The summed E-state index contributed by atoms with van der Waals surface area (Å²) >= 11 is 0. The summed E-state index contributed by atoms with van der Waals surface area (Å²) in [5, 5.41) is 13.6. The largest absolute Gasteiger partial charge is 0.385 e. The maximum absolute atomic E-state index is 11.5. The van der Waals surface area contributed by atoms with Crippen LogP contribution >= 0.6 is 0 Å². The zero-order valence-electron chi connectivity index (χ0n) is 11.5. The summed E-state index contributed by atoms with van der Waals surface area (Å²) in [7, 11) is 0. The number of hydrogen-bond acceptors (Lipinski definition) is 4. The molecule has 4 nitrogen and oxygen atoms in total. The second-order valence-corrected chi connectivity index (χ2v) is 5.07. The van der Waals surface area contributed by atoms with Gasteiger partial charge >= 0.3 is 0 Å². The van der Waals surface area contributed by atoms with Crippen molar-refractivity contribution >= 4 is 11.5 Å². The second kappa shape index (κ2) is 5.72. The van der Waals surface area contributed by atoms with E-state index in [9.17, 15) is 9.90 Å². The van der Waals surface area contributed by atoms with Crippen LogP contribution in [0.1, 0.15) is 37.0 Å². The Morgan fingerprint density at radius 1 is 1.47 bits per heavy atom. The van der Waals surface area contributed by atoms with Gasteiger partial charge in [-0.05, 0) is 31.2 Å². The Bertz CT molecular complexity index is 443. The smallest absolute Gasteiger partial charge is 0.162 e. The molecule has 2 N–H and O–H groups in total. The first-order valence-electron chi connectivity index (χ1n) is 6.76. The van der Waals surface area contributed by atoms with Gasteiger partial charge in [-0.15, -0.1) is 0 Å². The van der Waals surface area contributed by atoms with Crippen LogP contribution in [0.5, 0.6) is 0 Å². The topological polar surface area (TPSA) is 58.6 Å². The SMILES string of the molecule is CCC(=O)c1ccc(NCC2(O)CCOC2C)cc1. The predicted molar refractivity (Wildman–Crippen MR) is 74.5 cm³/mol. The first kappa shape index (κ1) is 14.0. The van der Waals surface area contributed by atoms with E-state index >= 15 is 0 Å². The minimum atomic E-state index is -0.808. The fourth-order valence-electron chi connectivity index (χ4n) is 2.24. The molecule has 0 saturated carbocycles. The third-order valence-corrected chi connectivity index (χ3v) is 3.79. The number of anilines is 1. The maximum Gasteiger partial charge on any atom is 0.162 e. The molecule has 104 valence electrons. The third-order valence-electron chi connectivity index (χ3n) is 3.79. The molecule has 4 heteroatoms. The van der Waals surface area contributed by atoms with Crippen molar-refractivity contribution in [2.45, 2.75) is 38.4 Å². The molecule has 1 heterocycles. The van der Waals surface area contributed by atoms with Crippen molar-refractivity contribution < 1.29 is 14.6 Å². The third kappa shape index (κ3) is 3.14. The number of rotatable bonds is 5. The number of ketones is 1. The van der Waals surface area contributed by atoms with E-state index in [0.29, 0.717) is 26.0 Å². The van der Waals surface area contributed by atoms with Crippen molar-refractivity contribution in [3.05, 3.63) is 29.8 Å². The second-order valence-electron chi connectivity index (χ2n) is 5.07. The summed E-state index contributed by atoms with van der Waals surface area (Å²) in [4.78, 5) is 11.5. The first-order valence-corrected chi connectivity index (χ1v) is 6.76. The van der Waals surface area contributed by atoms with E-state index in [1.54, 1.807) is 0 Å². The summed E-state index contributed by atoms with van der Waals surface area (Å²) in [6.07, 6.45) is 1.01. The Morgan fingerprint density at radius 2 is 2.16 bits per heavy atom. The van der Waals surface area contributed by atoms with Crippen LogP contribution < -0.4 is 5.32 Å². The Hall–Kier alpha value is -1.39. The lowest BCUT2D eigenvalue weighted by Crippen LogP contribution is -2.43. The number of ether oxygens (including phenoxy) is 1. The molecule has 19 heavy (non-hydrogen) atoms. The summed E-state index contributed by atoms with van der Waals surface area (Å²) in [6, 6.07) is 7.36. The van der Waals surface area contributed by atoms with Gasteiger partial charge in [-0.3, -0.25) is 4.79 Å². The Kier molecular flexibility index (Phi) is 4.22. The number of benzene rings is 1. The summed E-state index contributed by atoms with van der Waals surface area (Å²) in [5.41, 5.74) is 0.822. The molecule has 1 fully saturated rings. The molecule has 0 aromatic heterocycles. The molecule has 0 radical (unpaired) electrons. The van der Waals surface area contributed by atoms with Crippen molar-refractivity contribution in [1.82, 2.24) is 0 Å². The molecule has 1 aromatic rings. The van der Waals surface area contributed by atoms with Crippen molar-refractivity contribution in [1.29, 1.82) is 0 Å². The van der Waals surface area contributed by atoms with Gasteiger partial charge in [0.1, 0.15) is 5.60 Å². The molecule has 2 atom stereocenters. The highest BCUT2D eigenvalue weighted by atomic mass is 16.5. The zero-order chi connectivity index (χ0) is 13.9. The van der Waals surface area contributed by atoms with Crippen LogP contribution in [0.25, 0.3) is 0 Å². The van der Waals surface area contributed by atoms with Crippen LogP contribution in [-0.2, 0) is 4.74 Å². The normalized spacial score (nSPS) is 26.4. The van der Waals surface area contributed by atoms with E-state index in [4.69, 9.17) is 4.74 Å². The predicted octanol–water partition coefficient (Wildman–Crippen LogP) is 2.23. The highest BCUT2D eigenvalue weighted by Crippen LogP contribution is 2.26. The number of Topliss-reactive ketones (excluding diaryl/α,β-unsaturated/α-hetero) is 1. The number of hydrogen-bond donors (Lipinski definition) is 2. The van der Waals surface area contributed by atoms with Crippen molar-refractivity contribution in [3.63, 3.8) is 0 Å². The maximum atomic E-state index is 11.5. The molecule has 0 bridgehead atoms. The summed E-state index contributed by atoms with van der Waals surface area (Å²) < 4.78 is 5.39. The molecule has 2 rings (SSSR count). The van der Waals surface area contributed by atoms with Crippen LogP contribution in [0.3, 0.4) is 0 Å². The van der Waals surface area contributed by atoms with Gasteiger partial charge in [-0.1, -0.05) is 6.92 Å². The Labute approximate surface area is 113 Å². The van der Waals surface area contributed by atoms with Gasteiger partial charge in [0.2, 0.25) is 0 Å².